The van der Waals surface area contributed by atoms with Gasteiger partial charge in [0.05, 0.1) is 6.10 Å². The lowest BCUT2D eigenvalue weighted by Crippen LogP contribution is -2.31. The van der Waals surface area contributed by atoms with Gasteiger partial charge in [0.2, 0.25) is 0 Å². The van der Waals surface area contributed by atoms with Crippen LogP contribution in [0.5, 0.6) is 0 Å². The molecule has 16 heavy (non-hydrogen) atoms. The van der Waals surface area contributed by atoms with Crippen molar-refractivity contribution in [2.24, 2.45) is 0 Å². The van der Waals surface area contributed by atoms with E-state index in [2.05, 4.69) is 11.8 Å². The predicted molar refractivity (Wildman–Crippen MR) is 63.7 cm³/mol. The lowest BCUT2D eigenvalue weighted by atomic mass is 10.1. The summed E-state index contributed by atoms with van der Waals surface area (Å²) in [7, 11) is 1.97. The molecule has 0 aliphatic heterocycles. The van der Waals surface area contributed by atoms with Crippen LogP contribution in [0.1, 0.15) is 31.9 Å². The Bertz CT molecular complexity index is 312. The Morgan fingerprint density at radius 2 is 1.88 bits per heavy atom. The minimum Gasteiger partial charge on any atom is -0.392 e. The quantitative estimate of drug-likeness (QED) is 0.832. The topological polar surface area (TPSA) is 23.5 Å². The number of aliphatic hydroxyl groups is 1. The van der Waals surface area contributed by atoms with E-state index >= 15 is 0 Å². The molecule has 0 aromatic heterocycles. The van der Waals surface area contributed by atoms with Crippen molar-refractivity contribution in [1.82, 2.24) is 4.90 Å². The standard InChI is InChI=1S/C13H20FNO/c1-4-13(16)9-15(3)10(2)11-5-7-12(14)8-6-11/h5-8,10,13,16H,4,9H2,1-3H3/t10?,13-/m1/s1. The van der Waals surface area contributed by atoms with Crippen LogP contribution in [-0.2, 0) is 0 Å². The highest BCUT2D eigenvalue weighted by Crippen LogP contribution is 2.19. The molecule has 0 aliphatic carbocycles. The van der Waals surface area contributed by atoms with Crippen LogP contribution in [0.2, 0.25) is 0 Å². The third-order valence-electron chi connectivity index (χ3n) is 2.98. The van der Waals surface area contributed by atoms with E-state index in [1.807, 2.05) is 14.0 Å². The number of halogens is 1. The van der Waals surface area contributed by atoms with Gasteiger partial charge >= 0.3 is 0 Å². The average Bonchev–Trinajstić information content (AvgIpc) is 2.28. The molecule has 0 saturated heterocycles. The highest BCUT2D eigenvalue weighted by Gasteiger charge is 2.14. The van der Waals surface area contributed by atoms with E-state index in [0.717, 1.165) is 12.0 Å². The van der Waals surface area contributed by atoms with E-state index < -0.39 is 0 Å². The Kier molecular flexibility index (Phi) is 4.90. The molecule has 1 aromatic rings. The first-order chi connectivity index (χ1) is 7.54. The second-order valence-electron chi connectivity index (χ2n) is 4.23. The fourth-order valence-corrected chi connectivity index (χ4v) is 1.62. The van der Waals surface area contributed by atoms with Gasteiger partial charge in [-0.2, -0.15) is 0 Å². The van der Waals surface area contributed by atoms with Gasteiger partial charge in [-0.05, 0) is 38.1 Å². The molecule has 1 aromatic carbocycles. The molecule has 0 amide bonds. The summed E-state index contributed by atoms with van der Waals surface area (Å²) in [5.41, 5.74) is 1.06. The van der Waals surface area contributed by atoms with Crippen LogP contribution in [0.15, 0.2) is 24.3 Å². The van der Waals surface area contributed by atoms with E-state index in [1.165, 1.54) is 12.1 Å². The van der Waals surface area contributed by atoms with E-state index in [1.54, 1.807) is 12.1 Å². The molecular formula is C13H20FNO. The maximum Gasteiger partial charge on any atom is 0.123 e. The molecule has 0 fully saturated rings. The summed E-state index contributed by atoms with van der Waals surface area (Å²) in [4.78, 5) is 2.07. The molecule has 0 spiro atoms. The molecule has 3 heteroatoms. The first-order valence-corrected chi connectivity index (χ1v) is 5.68. The first-order valence-electron chi connectivity index (χ1n) is 5.68. The van der Waals surface area contributed by atoms with Crippen molar-refractivity contribution in [2.45, 2.75) is 32.4 Å². The van der Waals surface area contributed by atoms with Gasteiger partial charge in [0.15, 0.2) is 0 Å². The van der Waals surface area contributed by atoms with Crippen LogP contribution in [0.25, 0.3) is 0 Å². The van der Waals surface area contributed by atoms with Gasteiger partial charge in [-0.25, -0.2) is 4.39 Å². The average molecular weight is 225 g/mol. The molecule has 0 saturated carbocycles. The van der Waals surface area contributed by atoms with Crippen LogP contribution in [-0.4, -0.2) is 29.7 Å². The number of likely N-dealkylation sites (N-methyl/N-ethyl adjacent to an activating group) is 1. The van der Waals surface area contributed by atoms with Gasteiger partial charge in [0, 0.05) is 12.6 Å². The smallest absolute Gasteiger partial charge is 0.123 e. The number of hydrogen-bond donors (Lipinski definition) is 1. The van der Waals surface area contributed by atoms with Crippen molar-refractivity contribution >= 4 is 0 Å². The number of nitrogens with zero attached hydrogens (tertiary/aromatic N) is 1. The third kappa shape index (κ3) is 3.58. The van der Waals surface area contributed by atoms with E-state index in [4.69, 9.17) is 0 Å². The summed E-state index contributed by atoms with van der Waals surface area (Å²) >= 11 is 0. The molecule has 90 valence electrons. The van der Waals surface area contributed by atoms with Gasteiger partial charge in [-0.1, -0.05) is 19.1 Å². The molecule has 2 nitrogen and oxygen atoms in total. The van der Waals surface area contributed by atoms with Crippen LogP contribution < -0.4 is 0 Å². The highest BCUT2D eigenvalue weighted by atomic mass is 19.1. The molecule has 1 rings (SSSR count). The minimum absolute atomic E-state index is 0.182. The molecule has 0 aliphatic rings. The van der Waals surface area contributed by atoms with Crippen molar-refractivity contribution in [3.63, 3.8) is 0 Å². The monoisotopic (exact) mass is 225 g/mol. The second kappa shape index (κ2) is 5.97. The largest absolute Gasteiger partial charge is 0.392 e. The molecule has 2 atom stereocenters. The molecule has 0 radical (unpaired) electrons. The fourth-order valence-electron chi connectivity index (χ4n) is 1.62. The summed E-state index contributed by atoms with van der Waals surface area (Å²) in [6, 6.07) is 6.69. The Morgan fingerprint density at radius 1 is 1.31 bits per heavy atom. The van der Waals surface area contributed by atoms with E-state index in [0.29, 0.717) is 6.54 Å². The Labute approximate surface area is 96.7 Å². The maximum absolute atomic E-state index is 12.8. The fraction of sp³-hybridized carbons (Fsp3) is 0.538. The Balaban J connectivity index is 2.62. The van der Waals surface area contributed by atoms with E-state index in [-0.39, 0.29) is 18.0 Å². The molecule has 0 heterocycles. The Morgan fingerprint density at radius 3 is 2.38 bits per heavy atom. The molecular weight excluding hydrogens is 205 g/mol. The second-order valence-corrected chi connectivity index (χ2v) is 4.23. The van der Waals surface area contributed by atoms with Gasteiger partial charge in [0.25, 0.3) is 0 Å². The van der Waals surface area contributed by atoms with Crippen molar-refractivity contribution in [3.8, 4) is 0 Å². The predicted octanol–water partition coefficient (Wildman–Crippen LogP) is 2.59. The van der Waals surface area contributed by atoms with Gasteiger partial charge in [0.1, 0.15) is 5.82 Å². The summed E-state index contributed by atoms with van der Waals surface area (Å²) in [6.45, 7) is 4.64. The SMILES string of the molecule is CC[C@@H](O)CN(C)C(C)c1ccc(F)cc1. The summed E-state index contributed by atoms with van der Waals surface area (Å²) in [5.74, 6) is -0.216. The van der Waals surface area contributed by atoms with Crippen molar-refractivity contribution in [3.05, 3.63) is 35.6 Å². The zero-order valence-corrected chi connectivity index (χ0v) is 10.2. The summed E-state index contributed by atoms with van der Waals surface area (Å²) in [5, 5.41) is 9.57. The zero-order valence-electron chi connectivity index (χ0n) is 10.2. The number of rotatable bonds is 5. The minimum atomic E-state index is -0.298. The van der Waals surface area contributed by atoms with Crippen LogP contribution >= 0.6 is 0 Å². The van der Waals surface area contributed by atoms with Gasteiger partial charge < -0.3 is 5.11 Å². The third-order valence-corrected chi connectivity index (χ3v) is 2.98. The number of benzene rings is 1. The molecule has 0 bridgehead atoms. The first kappa shape index (κ1) is 13.1. The van der Waals surface area contributed by atoms with Crippen molar-refractivity contribution < 1.29 is 9.50 Å². The summed E-state index contributed by atoms with van der Waals surface area (Å²) in [6.07, 6.45) is 0.452. The lowest BCUT2D eigenvalue weighted by molar-refractivity contribution is 0.105. The number of hydrogen-bond acceptors (Lipinski definition) is 2. The number of aliphatic hydroxyl groups excluding tert-OH is 1. The lowest BCUT2D eigenvalue weighted by Gasteiger charge is -2.27. The van der Waals surface area contributed by atoms with Crippen LogP contribution in [0, 0.1) is 5.82 Å². The van der Waals surface area contributed by atoms with Gasteiger partial charge in [-0.3, -0.25) is 4.90 Å². The zero-order chi connectivity index (χ0) is 12.1. The normalized spacial score (nSPS) is 15.1. The van der Waals surface area contributed by atoms with E-state index in [9.17, 15) is 9.50 Å². The molecule has 1 unspecified atom stereocenters. The van der Waals surface area contributed by atoms with Crippen molar-refractivity contribution in [2.75, 3.05) is 13.6 Å². The van der Waals surface area contributed by atoms with Crippen LogP contribution in [0.3, 0.4) is 0 Å². The van der Waals surface area contributed by atoms with Crippen molar-refractivity contribution in [1.29, 1.82) is 0 Å². The summed E-state index contributed by atoms with van der Waals surface area (Å²) < 4.78 is 12.8. The van der Waals surface area contributed by atoms with Gasteiger partial charge in [-0.15, -0.1) is 0 Å². The highest BCUT2D eigenvalue weighted by molar-refractivity contribution is 5.19. The molecule has 1 N–H and O–H groups in total. The Hall–Kier alpha value is -0.930. The van der Waals surface area contributed by atoms with Crippen LogP contribution in [0.4, 0.5) is 4.39 Å². The maximum atomic E-state index is 12.8.